The molecule has 1 aromatic carbocycles. The van der Waals surface area contributed by atoms with Crippen LogP contribution in [-0.2, 0) is 4.74 Å². The number of aromatic nitrogens is 3. The molecule has 0 radical (unpaired) electrons. The zero-order valence-electron chi connectivity index (χ0n) is 12.2. The molecular formula is C15H17N5O. The van der Waals surface area contributed by atoms with Gasteiger partial charge in [0.1, 0.15) is 6.07 Å². The van der Waals surface area contributed by atoms with E-state index in [4.69, 9.17) is 4.74 Å². The summed E-state index contributed by atoms with van der Waals surface area (Å²) in [5, 5.41) is 18.2. The lowest BCUT2D eigenvalue weighted by Crippen LogP contribution is -2.37. The van der Waals surface area contributed by atoms with Crippen LogP contribution in [0.2, 0.25) is 0 Å². The van der Waals surface area contributed by atoms with E-state index in [2.05, 4.69) is 27.2 Å². The first kappa shape index (κ1) is 13.6. The molecule has 1 fully saturated rings. The molecule has 2 aromatic rings. The van der Waals surface area contributed by atoms with Crippen LogP contribution in [0.15, 0.2) is 18.2 Å². The SMILES string of the molecule is Cc1ccc(C)c(-n2nc(C#N)c(N3CCOCC3)n2)c1. The third-order valence-electron chi connectivity index (χ3n) is 3.59. The van der Waals surface area contributed by atoms with Gasteiger partial charge in [0.2, 0.25) is 5.69 Å². The molecule has 0 N–H and O–H groups in total. The van der Waals surface area contributed by atoms with Gasteiger partial charge in [0, 0.05) is 13.1 Å². The molecule has 0 bridgehead atoms. The quantitative estimate of drug-likeness (QED) is 0.837. The highest BCUT2D eigenvalue weighted by Crippen LogP contribution is 2.20. The summed E-state index contributed by atoms with van der Waals surface area (Å²) in [6, 6.07) is 8.26. The van der Waals surface area contributed by atoms with Crippen LogP contribution in [-0.4, -0.2) is 41.3 Å². The van der Waals surface area contributed by atoms with Crippen molar-refractivity contribution in [2.75, 3.05) is 31.2 Å². The van der Waals surface area contributed by atoms with Gasteiger partial charge in [0.25, 0.3) is 0 Å². The molecule has 0 aliphatic carbocycles. The van der Waals surface area contributed by atoms with E-state index in [-0.39, 0.29) is 0 Å². The highest BCUT2D eigenvalue weighted by molar-refractivity contribution is 5.51. The molecule has 3 rings (SSSR count). The van der Waals surface area contributed by atoms with Crippen LogP contribution in [0.5, 0.6) is 0 Å². The number of rotatable bonds is 2. The maximum absolute atomic E-state index is 9.31. The second-order valence-electron chi connectivity index (χ2n) is 5.16. The van der Waals surface area contributed by atoms with Crippen LogP contribution in [0, 0.1) is 25.2 Å². The summed E-state index contributed by atoms with van der Waals surface area (Å²) >= 11 is 0. The number of morpholine rings is 1. The number of hydrogen-bond acceptors (Lipinski definition) is 5. The van der Waals surface area contributed by atoms with Gasteiger partial charge in [-0.1, -0.05) is 12.1 Å². The van der Waals surface area contributed by atoms with Gasteiger partial charge < -0.3 is 9.64 Å². The van der Waals surface area contributed by atoms with E-state index in [1.165, 1.54) is 0 Å². The number of nitriles is 1. The summed E-state index contributed by atoms with van der Waals surface area (Å²) in [6.45, 7) is 6.82. The van der Waals surface area contributed by atoms with Crippen LogP contribution in [0.3, 0.4) is 0 Å². The van der Waals surface area contributed by atoms with Crippen molar-refractivity contribution in [3.63, 3.8) is 0 Å². The Balaban J connectivity index is 2.03. The molecule has 0 amide bonds. The second-order valence-corrected chi connectivity index (χ2v) is 5.16. The smallest absolute Gasteiger partial charge is 0.207 e. The van der Waals surface area contributed by atoms with Crippen LogP contribution in [0.4, 0.5) is 5.82 Å². The second kappa shape index (κ2) is 5.54. The van der Waals surface area contributed by atoms with E-state index in [0.717, 1.165) is 29.9 Å². The third kappa shape index (κ3) is 2.60. The van der Waals surface area contributed by atoms with Crippen molar-refractivity contribution in [1.82, 2.24) is 15.0 Å². The minimum absolute atomic E-state index is 0.359. The Labute approximate surface area is 123 Å². The van der Waals surface area contributed by atoms with Gasteiger partial charge in [-0.25, -0.2) is 0 Å². The number of aryl methyl sites for hydroxylation is 2. The Morgan fingerprint density at radius 1 is 1.19 bits per heavy atom. The molecule has 1 aliphatic heterocycles. The van der Waals surface area contributed by atoms with Crippen LogP contribution in [0.1, 0.15) is 16.8 Å². The van der Waals surface area contributed by atoms with E-state index >= 15 is 0 Å². The fraction of sp³-hybridized carbons (Fsp3) is 0.400. The van der Waals surface area contributed by atoms with Gasteiger partial charge >= 0.3 is 0 Å². The maximum atomic E-state index is 9.31. The normalized spacial score (nSPS) is 15.0. The molecule has 108 valence electrons. The minimum Gasteiger partial charge on any atom is -0.378 e. The van der Waals surface area contributed by atoms with Crippen molar-refractivity contribution < 1.29 is 4.74 Å². The van der Waals surface area contributed by atoms with E-state index < -0.39 is 0 Å². The molecule has 1 aliphatic rings. The van der Waals surface area contributed by atoms with E-state index in [0.29, 0.717) is 24.7 Å². The van der Waals surface area contributed by atoms with Crippen molar-refractivity contribution in [2.45, 2.75) is 13.8 Å². The number of benzene rings is 1. The predicted octanol–water partition coefficient (Wildman–Crippen LogP) is 1.59. The highest BCUT2D eigenvalue weighted by atomic mass is 16.5. The van der Waals surface area contributed by atoms with Crippen molar-refractivity contribution in [3.8, 4) is 11.8 Å². The molecule has 1 aromatic heterocycles. The first-order valence-electron chi connectivity index (χ1n) is 6.97. The van der Waals surface area contributed by atoms with Crippen LogP contribution >= 0.6 is 0 Å². The fourth-order valence-corrected chi connectivity index (χ4v) is 2.40. The Hall–Kier alpha value is -2.39. The van der Waals surface area contributed by atoms with Crippen molar-refractivity contribution >= 4 is 5.82 Å². The summed E-state index contributed by atoms with van der Waals surface area (Å²) in [7, 11) is 0. The molecule has 2 heterocycles. The molecule has 6 heteroatoms. The van der Waals surface area contributed by atoms with Crippen LogP contribution in [0.25, 0.3) is 5.69 Å². The highest BCUT2D eigenvalue weighted by Gasteiger charge is 2.21. The first-order chi connectivity index (χ1) is 10.2. The number of nitrogens with zero attached hydrogens (tertiary/aromatic N) is 5. The molecule has 6 nitrogen and oxygen atoms in total. The molecule has 0 unspecified atom stereocenters. The van der Waals surface area contributed by atoms with Gasteiger partial charge in [-0.15, -0.1) is 15.0 Å². The fourth-order valence-electron chi connectivity index (χ4n) is 2.40. The molecular weight excluding hydrogens is 266 g/mol. The van der Waals surface area contributed by atoms with Gasteiger partial charge in [0.15, 0.2) is 5.82 Å². The molecule has 1 saturated heterocycles. The predicted molar refractivity (Wildman–Crippen MR) is 78.6 cm³/mol. The first-order valence-corrected chi connectivity index (χ1v) is 6.97. The number of anilines is 1. The van der Waals surface area contributed by atoms with E-state index in [1.54, 1.807) is 4.80 Å². The minimum atomic E-state index is 0.359. The molecule has 0 saturated carbocycles. The van der Waals surface area contributed by atoms with Crippen molar-refractivity contribution in [2.24, 2.45) is 0 Å². The number of hydrogen-bond donors (Lipinski definition) is 0. The topological polar surface area (TPSA) is 67.0 Å². The summed E-state index contributed by atoms with van der Waals surface area (Å²) in [6.07, 6.45) is 0. The van der Waals surface area contributed by atoms with Crippen molar-refractivity contribution in [3.05, 3.63) is 35.0 Å². The Morgan fingerprint density at radius 3 is 2.67 bits per heavy atom. The molecule has 0 atom stereocenters. The summed E-state index contributed by atoms with van der Waals surface area (Å²) in [5.74, 6) is 0.640. The van der Waals surface area contributed by atoms with Crippen molar-refractivity contribution in [1.29, 1.82) is 5.26 Å². The zero-order valence-corrected chi connectivity index (χ0v) is 12.2. The Morgan fingerprint density at radius 2 is 1.95 bits per heavy atom. The number of ether oxygens (including phenoxy) is 1. The lowest BCUT2D eigenvalue weighted by atomic mass is 10.1. The lowest BCUT2D eigenvalue weighted by molar-refractivity contribution is 0.122. The van der Waals surface area contributed by atoms with E-state index in [9.17, 15) is 5.26 Å². The monoisotopic (exact) mass is 283 g/mol. The van der Waals surface area contributed by atoms with Gasteiger partial charge in [-0.2, -0.15) is 5.26 Å². The molecule has 21 heavy (non-hydrogen) atoms. The average molecular weight is 283 g/mol. The van der Waals surface area contributed by atoms with Gasteiger partial charge in [0.05, 0.1) is 18.9 Å². The lowest BCUT2D eigenvalue weighted by Gasteiger charge is -2.26. The maximum Gasteiger partial charge on any atom is 0.207 e. The Bertz CT molecular complexity index is 695. The van der Waals surface area contributed by atoms with Crippen LogP contribution < -0.4 is 4.90 Å². The van der Waals surface area contributed by atoms with Gasteiger partial charge in [-0.3, -0.25) is 0 Å². The summed E-state index contributed by atoms with van der Waals surface area (Å²) < 4.78 is 5.34. The zero-order chi connectivity index (χ0) is 14.8. The third-order valence-corrected chi connectivity index (χ3v) is 3.59. The Kier molecular flexibility index (Phi) is 3.59. The summed E-state index contributed by atoms with van der Waals surface area (Å²) in [4.78, 5) is 3.61. The molecule has 0 spiro atoms. The standard InChI is InChI=1S/C15H17N5O/c1-11-3-4-12(2)14(9-11)20-17-13(10-16)15(18-20)19-5-7-21-8-6-19/h3-4,9H,5-8H2,1-2H3. The van der Waals surface area contributed by atoms with E-state index in [1.807, 2.05) is 26.0 Å². The largest absolute Gasteiger partial charge is 0.378 e. The average Bonchev–Trinajstić information content (AvgIpc) is 2.94. The van der Waals surface area contributed by atoms with Gasteiger partial charge in [-0.05, 0) is 31.0 Å². The summed E-state index contributed by atoms with van der Waals surface area (Å²) in [5.41, 5.74) is 3.48.